The largest absolute Gasteiger partial charge is 0.507 e. The zero-order valence-corrected chi connectivity index (χ0v) is 20.3. The average Bonchev–Trinajstić information content (AvgIpc) is 3.26. The molecule has 6 heteroatoms. The molecule has 0 amide bonds. The Balaban J connectivity index is 1.67. The molecule has 4 aromatic rings. The van der Waals surface area contributed by atoms with E-state index >= 15 is 0 Å². The van der Waals surface area contributed by atoms with Crippen molar-refractivity contribution in [1.29, 1.82) is 0 Å². The summed E-state index contributed by atoms with van der Waals surface area (Å²) in [6.45, 7) is 7.71. The van der Waals surface area contributed by atoms with Gasteiger partial charge < -0.3 is 9.52 Å². The van der Waals surface area contributed by atoms with Gasteiger partial charge in [-0.25, -0.2) is 4.98 Å². The maximum Gasteiger partial charge on any atom is 0.203 e. The zero-order valence-electron chi connectivity index (χ0n) is 19.5. The van der Waals surface area contributed by atoms with E-state index in [0.717, 1.165) is 28.7 Å². The summed E-state index contributed by atoms with van der Waals surface area (Å²) < 4.78 is 7.31. The number of phenolic OH excluding ortho intramolecular Hbond substituents is 1. The monoisotopic (exact) mass is 462 g/mol. The Kier molecular flexibility index (Phi) is 5.97. The van der Waals surface area contributed by atoms with Crippen molar-refractivity contribution in [3.8, 4) is 16.3 Å². The van der Waals surface area contributed by atoms with Crippen LogP contribution in [0, 0.1) is 6.92 Å². The third kappa shape index (κ3) is 3.85. The summed E-state index contributed by atoms with van der Waals surface area (Å²) in [4.78, 5) is 21.0. The minimum atomic E-state index is -0.0674. The van der Waals surface area contributed by atoms with E-state index in [1.807, 2.05) is 44.2 Å². The minimum Gasteiger partial charge on any atom is -0.507 e. The van der Waals surface area contributed by atoms with E-state index in [1.54, 1.807) is 0 Å². The Labute approximate surface area is 197 Å². The van der Waals surface area contributed by atoms with Gasteiger partial charge in [0.2, 0.25) is 5.43 Å². The molecule has 0 aliphatic carbocycles. The summed E-state index contributed by atoms with van der Waals surface area (Å²) in [6, 6.07) is 10.3. The lowest BCUT2D eigenvalue weighted by Gasteiger charge is -2.35. The van der Waals surface area contributed by atoms with Crippen LogP contribution in [-0.2, 0) is 13.0 Å². The smallest absolute Gasteiger partial charge is 0.203 e. The molecule has 1 unspecified atom stereocenters. The number of hydrogen-bond donors (Lipinski definition) is 1. The molecule has 3 heterocycles. The van der Waals surface area contributed by atoms with Crippen molar-refractivity contribution in [2.45, 2.75) is 65.5 Å². The van der Waals surface area contributed by atoms with Crippen LogP contribution in [-0.4, -0.2) is 27.6 Å². The Hall–Kier alpha value is -2.70. The molecule has 1 N–H and O–H groups in total. The molecule has 0 spiro atoms. The summed E-state index contributed by atoms with van der Waals surface area (Å²) in [5, 5.41) is 12.2. The number of fused-ring (bicyclic) bond motifs is 2. The van der Waals surface area contributed by atoms with E-state index in [0.29, 0.717) is 51.9 Å². The van der Waals surface area contributed by atoms with E-state index in [9.17, 15) is 9.90 Å². The van der Waals surface area contributed by atoms with E-state index in [2.05, 4.69) is 11.8 Å². The number of aryl methyl sites for hydroxylation is 2. The summed E-state index contributed by atoms with van der Waals surface area (Å²) in [5.74, 6) is 0.852. The number of piperidine rings is 1. The second kappa shape index (κ2) is 8.92. The number of thiazole rings is 1. The third-order valence-corrected chi connectivity index (χ3v) is 8.02. The normalized spacial score (nSPS) is 17.2. The Morgan fingerprint density at radius 2 is 2.06 bits per heavy atom. The molecule has 1 aliphatic heterocycles. The molecule has 1 saturated heterocycles. The van der Waals surface area contributed by atoms with Crippen LogP contribution >= 0.6 is 11.3 Å². The van der Waals surface area contributed by atoms with Gasteiger partial charge in [0.15, 0.2) is 0 Å². The molecule has 0 radical (unpaired) electrons. The fourth-order valence-corrected chi connectivity index (χ4v) is 6.13. The third-order valence-electron chi connectivity index (χ3n) is 6.96. The van der Waals surface area contributed by atoms with E-state index in [-0.39, 0.29) is 11.2 Å². The summed E-state index contributed by atoms with van der Waals surface area (Å²) in [7, 11) is 0. The number of rotatable bonds is 5. The predicted molar refractivity (Wildman–Crippen MR) is 135 cm³/mol. The highest BCUT2D eigenvalue weighted by atomic mass is 32.1. The maximum absolute atomic E-state index is 13.8. The summed E-state index contributed by atoms with van der Waals surface area (Å²) in [5.41, 5.74) is 3.28. The summed E-state index contributed by atoms with van der Waals surface area (Å²) in [6.07, 6.45) is 5.29. The van der Waals surface area contributed by atoms with Crippen LogP contribution in [0.2, 0.25) is 0 Å². The Bertz CT molecular complexity index is 1350. The second-order valence-electron chi connectivity index (χ2n) is 8.98. The molecule has 33 heavy (non-hydrogen) atoms. The first-order valence-corrected chi connectivity index (χ1v) is 12.7. The van der Waals surface area contributed by atoms with Gasteiger partial charge in [0.05, 0.1) is 21.2 Å². The van der Waals surface area contributed by atoms with Crippen LogP contribution in [0.1, 0.15) is 56.4 Å². The molecule has 172 valence electrons. The number of phenols is 1. The molecular weight excluding hydrogens is 432 g/mol. The van der Waals surface area contributed by atoms with Crippen LogP contribution in [0.25, 0.3) is 31.8 Å². The van der Waals surface area contributed by atoms with Gasteiger partial charge in [-0.3, -0.25) is 9.69 Å². The Morgan fingerprint density at radius 3 is 2.82 bits per heavy atom. The van der Waals surface area contributed by atoms with Gasteiger partial charge in [-0.05, 0) is 50.9 Å². The second-order valence-corrected chi connectivity index (χ2v) is 10.0. The summed E-state index contributed by atoms with van der Waals surface area (Å²) >= 11 is 1.52. The Morgan fingerprint density at radius 1 is 1.24 bits per heavy atom. The van der Waals surface area contributed by atoms with Gasteiger partial charge >= 0.3 is 0 Å². The lowest BCUT2D eigenvalue weighted by Crippen LogP contribution is -2.38. The molecule has 1 atom stereocenters. The first kappa shape index (κ1) is 22.1. The van der Waals surface area contributed by atoms with Gasteiger partial charge in [-0.2, -0.15) is 0 Å². The number of hydrogen-bond acceptors (Lipinski definition) is 6. The first-order valence-electron chi connectivity index (χ1n) is 11.9. The SMILES string of the molecule is CCc1oc2c(C)c(O)c(CN3CCCCC3CC)cc2c(=O)c1-c1nc2ccccc2s1. The molecule has 1 fully saturated rings. The predicted octanol–water partition coefficient (Wildman–Crippen LogP) is 6.41. The van der Waals surface area contributed by atoms with Crippen molar-refractivity contribution in [3.63, 3.8) is 0 Å². The fourth-order valence-electron chi connectivity index (χ4n) is 5.11. The van der Waals surface area contributed by atoms with Crippen molar-refractivity contribution >= 4 is 32.5 Å². The highest BCUT2D eigenvalue weighted by Crippen LogP contribution is 2.36. The lowest BCUT2D eigenvalue weighted by molar-refractivity contribution is 0.135. The molecule has 1 aliphatic rings. The van der Waals surface area contributed by atoms with Crippen molar-refractivity contribution < 1.29 is 9.52 Å². The fraction of sp³-hybridized carbons (Fsp3) is 0.407. The quantitative estimate of drug-likeness (QED) is 0.371. The van der Waals surface area contributed by atoms with Crippen molar-refractivity contribution in [2.24, 2.45) is 0 Å². The van der Waals surface area contributed by atoms with Gasteiger partial charge in [-0.15, -0.1) is 11.3 Å². The van der Waals surface area contributed by atoms with Crippen LogP contribution in [0.5, 0.6) is 5.75 Å². The molecule has 5 rings (SSSR count). The highest BCUT2D eigenvalue weighted by Gasteiger charge is 2.25. The number of benzene rings is 2. The average molecular weight is 463 g/mol. The van der Waals surface area contributed by atoms with E-state index in [1.165, 1.54) is 30.6 Å². The van der Waals surface area contributed by atoms with Crippen LogP contribution in [0.15, 0.2) is 39.5 Å². The number of likely N-dealkylation sites (tertiary alicyclic amines) is 1. The minimum absolute atomic E-state index is 0.0674. The van der Waals surface area contributed by atoms with Crippen molar-refractivity contribution in [1.82, 2.24) is 9.88 Å². The molecular formula is C27H30N2O3S. The maximum atomic E-state index is 13.8. The topological polar surface area (TPSA) is 66.6 Å². The molecule has 0 saturated carbocycles. The molecule has 2 aromatic carbocycles. The van der Waals surface area contributed by atoms with Gasteiger partial charge in [0, 0.05) is 30.1 Å². The van der Waals surface area contributed by atoms with Crippen molar-refractivity contribution in [2.75, 3.05) is 6.54 Å². The van der Waals surface area contributed by atoms with Gasteiger partial charge in [-0.1, -0.05) is 32.4 Å². The van der Waals surface area contributed by atoms with Crippen LogP contribution in [0.4, 0.5) is 0 Å². The lowest BCUT2D eigenvalue weighted by atomic mass is 9.97. The molecule has 2 aromatic heterocycles. The number of aromatic hydroxyl groups is 1. The van der Waals surface area contributed by atoms with Crippen LogP contribution in [0.3, 0.4) is 0 Å². The highest BCUT2D eigenvalue weighted by molar-refractivity contribution is 7.21. The van der Waals surface area contributed by atoms with Gasteiger partial charge in [0.25, 0.3) is 0 Å². The molecule has 0 bridgehead atoms. The standard InChI is InChI=1S/C27H30N2O3S/c1-4-18-10-8-9-13-29(18)15-17-14-19-25(31)23(21(5-2)32-26(19)16(3)24(17)30)27-28-20-11-6-7-12-22(20)33-27/h6-7,11-12,14,18,30H,4-5,8-10,13,15H2,1-3H3. The molecule has 5 nitrogen and oxygen atoms in total. The number of para-hydroxylation sites is 1. The zero-order chi connectivity index (χ0) is 23.1. The number of nitrogens with zero attached hydrogens (tertiary/aromatic N) is 2. The van der Waals surface area contributed by atoms with E-state index < -0.39 is 0 Å². The number of aromatic nitrogens is 1. The van der Waals surface area contributed by atoms with Gasteiger partial charge in [0.1, 0.15) is 22.1 Å². The van der Waals surface area contributed by atoms with Crippen molar-refractivity contribution in [3.05, 3.63) is 57.4 Å². The van der Waals surface area contributed by atoms with E-state index in [4.69, 9.17) is 9.40 Å². The van der Waals surface area contributed by atoms with Crippen LogP contribution < -0.4 is 5.43 Å². The first-order chi connectivity index (χ1) is 16.0.